The lowest BCUT2D eigenvalue weighted by Crippen LogP contribution is -2.47. The molecule has 2 aromatic carbocycles. The minimum Gasteiger partial charge on any atom is -0.350 e. The van der Waals surface area contributed by atoms with Crippen LogP contribution in [0.15, 0.2) is 64.6 Å². The standard InChI is InChI=1S/C26H34N4O4S/c1-19(2)18-33-20(3)34-30-12-6-11-27-26(30)28-14-23-16-29(17-24(23)15-28)35(31,32)25-10-9-21-7-4-5-8-22(21)13-25/h4-13,19-20,23-24,26H,14-18H2,1-3H3. The first-order valence-corrected chi connectivity index (χ1v) is 13.7. The van der Waals surface area contributed by atoms with Crippen LogP contribution in [0.25, 0.3) is 10.8 Å². The monoisotopic (exact) mass is 498 g/mol. The molecule has 4 unspecified atom stereocenters. The first-order chi connectivity index (χ1) is 16.8. The fourth-order valence-corrected chi connectivity index (χ4v) is 6.70. The summed E-state index contributed by atoms with van der Waals surface area (Å²) in [5, 5.41) is 3.72. The van der Waals surface area contributed by atoms with E-state index >= 15 is 0 Å². The van der Waals surface area contributed by atoms with Gasteiger partial charge in [-0.2, -0.15) is 4.31 Å². The van der Waals surface area contributed by atoms with Gasteiger partial charge in [0.2, 0.25) is 16.3 Å². The fraction of sp³-hybridized carbons (Fsp3) is 0.500. The van der Waals surface area contributed by atoms with Crippen LogP contribution in [0, 0.1) is 17.8 Å². The molecule has 188 valence electrons. The predicted octanol–water partition coefficient (Wildman–Crippen LogP) is 3.53. The third kappa shape index (κ3) is 5.15. The maximum Gasteiger partial charge on any atom is 0.243 e. The van der Waals surface area contributed by atoms with Gasteiger partial charge in [-0.1, -0.05) is 44.2 Å². The van der Waals surface area contributed by atoms with Crippen molar-refractivity contribution < 1.29 is 18.0 Å². The highest BCUT2D eigenvalue weighted by Crippen LogP contribution is 2.36. The van der Waals surface area contributed by atoms with E-state index in [1.54, 1.807) is 27.7 Å². The van der Waals surface area contributed by atoms with E-state index in [1.807, 2.05) is 49.5 Å². The average Bonchev–Trinajstić information content (AvgIpc) is 3.43. The van der Waals surface area contributed by atoms with Gasteiger partial charge >= 0.3 is 0 Å². The molecule has 9 heteroatoms. The number of benzene rings is 2. The molecule has 0 N–H and O–H groups in total. The normalized spacial score (nSPS) is 26.2. The zero-order valence-corrected chi connectivity index (χ0v) is 21.3. The van der Waals surface area contributed by atoms with Gasteiger partial charge in [-0.3, -0.25) is 9.89 Å². The molecule has 0 aliphatic carbocycles. The van der Waals surface area contributed by atoms with Crippen LogP contribution in [0.1, 0.15) is 20.8 Å². The minimum absolute atomic E-state index is 0.266. The quantitative estimate of drug-likeness (QED) is 0.519. The number of rotatable bonds is 8. The molecular weight excluding hydrogens is 464 g/mol. The highest BCUT2D eigenvalue weighted by atomic mass is 32.2. The Morgan fingerprint density at radius 1 is 1.00 bits per heavy atom. The number of hydrogen-bond acceptors (Lipinski definition) is 7. The van der Waals surface area contributed by atoms with Gasteiger partial charge in [0.25, 0.3) is 0 Å². The van der Waals surface area contributed by atoms with E-state index in [9.17, 15) is 8.42 Å². The number of likely N-dealkylation sites (tertiary alicyclic amines) is 1. The Morgan fingerprint density at radius 2 is 1.71 bits per heavy atom. The Labute approximate surface area is 207 Å². The van der Waals surface area contributed by atoms with Crippen LogP contribution >= 0.6 is 0 Å². The van der Waals surface area contributed by atoms with Gasteiger partial charge in [-0.05, 0) is 53.7 Å². The molecule has 3 aliphatic heterocycles. The first kappa shape index (κ1) is 24.4. The number of nitrogens with zero attached hydrogens (tertiary/aromatic N) is 4. The van der Waals surface area contributed by atoms with E-state index in [0.717, 1.165) is 23.9 Å². The predicted molar refractivity (Wildman–Crippen MR) is 136 cm³/mol. The molecule has 2 fully saturated rings. The smallest absolute Gasteiger partial charge is 0.243 e. The molecule has 0 spiro atoms. The summed E-state index contributed by atoms with van der Waals surface area (Å²) >= 11 is 0. The van der Waals surface area contributed by atoms with Crippen molar-refractivity contribution in [1.82, 2.24) is 14.3 Å². The summed E-state index contributed by atoms with van der Waals surface area (Å²) in [6.45, 7) is 9.31. The summed E-state index contributed by atoms with van der Waals surface area (Å²) in [5.74, 6) is 0.962. The van der Waals surface area contributed by atoms with Gasteiger partial charge in [0.1, 0.15) is 0 Å². The van der Waals surface area contributed by atoms with E-state index in [1.165, 1.54) is 0 Å². The summed E-state index contributed by atoms with van der Waals surface area (Å²) in [4.78, 5) is 13.3. The van der Waals surface area contributed by atoms with Gasteiger partial charge in [0.05, 0.1) is 11.5 Å². The summed E-state index contributed by atoms with van der Waals surface area (Å²) < 4.78 is 34.3. The molecule has 0 saturated carbocycles. The molecule has 4 atom stereocenters. The van der Waals surface area contributed by atoms with Crippen molar-refractivity contribution in [2.75, 3.05) is 32.8 Å². The molecule has 0 radical (unpaired) electrons. The van der Waals surface area contributed by atoms with E-state index < -0.39 is 10.0 Å². The molecule has 0 bridgehead atoms. The Balaban J connectivity index is 1.23. The number of fused-ring (bicyclic) bond motifs is 2. The molecule has 2 saturated heterocycles. The Hall–Kier alpha value is -2.30. The molecule has 35 heavy (non-hydrogen) atoms. The largest absolute Gasteiger partial charge is 0.350 e. The number of ether oxygens (including phenoxy) is 1. The van der Waals surface area contributed by atoms with Crippen molar-refractivity contribution in [1.29, 1.82) is 0 Å². The highest BCUT2D eigenvalue weighted by Gasteiger charge is 2.46. The van der Waals surface area contributed by atoms with Gasteiger partial charge in [-0.15, -0.1) is 0 Å². The molecule has 8 nitrogen and oxygen atoms in total. The van der Waals surface area contributed by atoms with Crippen molar-refractivity contribution in [3.05, 3.63) is 54.7 Å². The van der Waals surface area contributed by atoms with E-state index in [2.05, 4.69) is 23.7 Å². The topological polar surface area (TPSA) is 74.7 Å². The maximum absolute atomic E-state index is 13.4. The van der Waals surface area contributed by atoms with Crippen LogP contribution in [0.3, 0.4) is 0 Å². The Kier molecular flexibility index (Phi) is 6.96. The highest BCUT2D eigenvalue weighted by molar-refractivity contribution is 7.89. The van der Waals surface area contributed by atoms with Gasteiger partial charge < -0.3 is 4.74 Å². The van der Waals surface area contributed by atoms with Crippen LogP contribution in [-0.4, -0.2) is 74.3 Å². The van der Waals surface area contributed by atoms with Crippen LogP contribution in [0.2, 0.25) is 0 Å². The van der Waals surface area contributed by atoms with Crippen molar-refractivity contribution >= 4 is 27.0 Å². The zero-order valence-electron chi connectivity index (χ0n) is 20.5. The van der Waals surface area contributed by atoms with Gasteiger partial charge in [-0.25, -0.2) is 18.3 Å². The first-order valence-electron chi connectivity index (χ1n) is 12.3. The fourth-order valence-electron chi connectivity index (χ4n) is 5.12. The van der Waals surface area contributed by atoms with Crippen molar-refractivity contribution in [2.45, 2.75) is 38.2 Å². The molecule has 0 aromatic heterocycles. The number of sulfonamides is 1. The number of allylic oxidation sites excluding steroid dienone is 1. The molecule has 5 rings (SSSR count). The summed E-state index contributed by atoms with van der Waals surface area (Å²) in [7, 11) is -3.53. The zero-order chi connectivity index (χ0) is 24.6. The van der Waals surface area contributed by atoms with Crippen LogP contribution in [-0.2, 0) is 19.6 Å². The number of hydroxylamine groups is 2. The summed E-state index contributed by atoms with van der Waals surface area (Å²) in [6, 6.07) is 13.2. The van der Waals surface area contributed by atoms with Crippen molar-refractivity contribution in [2.24, 2.45) is 22.7 Å². The van der Waals surface area contributed by atoms with Gasteiger partial charge in [0.15, 0.2) is 6.29 Å². The third-order valence-corrected chi connectivity index (χ3v) is 8.69. The molecule has 2 aromatic rings. The summed E-state index contributed by atoms with van der Waals surface area (Å²) in [6.07, 6.45) is 4.84. The molecule has 3 heterocycles. The SMILES string of the molecule is CC(C)COC(C)ON1C=CC=NC1N1CC2CN(S(=O)(=O)c3ccc4ccccc4c3)CC2C1. The second-order valence-corrected chi connectivity index (χ2v) is 12.0. The van der Waals surface area contributed by atoms with E-state index in [4.69, 9.17) is 9.57 Å². The second kappa shape index (κ2) is 9.99. The Bertz CT molecular complexity index is 1200. The Morgan fingerprint density at radius 3 is 2.43 bits per heavy atom. The molecular formula is C26H34N4O4S. The average molecular weight is 499 g/mol. The molecule has 3 aliphatic rings. The summed E-state index contributed by atoms with van der Waals surface area (Å²) in [5.41, 5.74) is 0. The van der Waals surface area contributed by atoms with Gasteiger partial charge in [0, 0.05) is 38.6 Å². The lowest BCUT2D eigenvalue weighted by molar-refractivity contribution is -0.283. The number of hydrogen-bond donors (Lipinski definition) is 0. The molecule has 0 amide bonds. The lowest BCUT2D eigenvalue weighted by Gasteiger charge is -2.36. The van der Waals surface area contributed by atoms with Crippen LogP contribution in [0.5, 0.6) is 0 Å². The van der Waals surface area contributed by atoms with E-state index in [0.29, 0.717) is 30.5 Å². The maximum atomic E-state index is 13.4. The van der Waals surface area contributed by atoms with Crippen molar-refractivity contribution in [3.63, 3.8) is 0 Å². The second-order valence-electron chi connectivity index (χ2n) is 10.1. The van der Waals surface area contributed by atoms with Crippen LogP contribution < -0.4 is 0 Å². The third-order valence-electron chi connectivity index (χ3n) is 6.87. The number of aliphatic imine (C=N–C) groups is 1. The van der Waals surface area contributed by atoms with Crippen LogP contribution in [0.4, 0.5) is 0 Å². The minimum atomic E-state index is -3.53. The van der Waals surface area contributed by atoms with Crippen molar-refractivity contribution in [3.8, 4) is 0 Å². The lowest BCUT2D eigenvalue weighted by atomic mass is 10.0. The van der Waals surface area contributed by atoms with E-state index in [-0.39, 0.29) is 24.4 Å².